The van der Waals surface area contributed by atoms with Crippen LogP contribution in [0.1, 0.15) is 56.8 Å². The summed E-state index contributed by atoms with van der Waals surface area (Å²) in [6.07, 6.45) is 3.40. The number of amides is 1. The van der Waals surface area contributed by atoms with E-state index in [1.807, 2.05) is 20.8 Å². The molecule has 1 fully saturated rings. The maximum absolute atomic E-state index is 12.6. The van der Waals surface area contributed by atoms with E-state index in [0.717, 1.165) is 25.7 Å². The molecule has 5 nitrogen and oxygen atoms in total. The fourth-order valence-electron chi connectivity index (χ4n) is 2.95. The summed E-state index contributed by atoms with van der Waals surface area (Å²) in [4.78, 5) is 12.7. The van der Waals surface area contributed by atoms with E-state index in [9.17, 15) is 13.2 Å². The number of rotatable bonds is 6. The number of carbonyl (C=O) groups excluding carboxylic acids is 1. The molecule has 1 amide bonds. The summed E-state index contributed by atoms with van der Waals surface area (Å²) in [6.45, 7) is 6.26. The summed E-state index contributed by atoms with van der Waals surface area (Å²) in [6, 6.07) is 6.23. The van der Waals surface area contributed by atoms with Gasteiger partial charge in [-0.2, -0.15) is 0 Å². The van der Waals surface area contributed by atoms with Crippen molar-refractivity contribution in [3.63, 3.8) is 0 Å². The van der Waals surface area contributed by atoms with Gasteiger partial charge in [0.25, 0.3) is 5.91 Å². The fraction of sp³-hybridized carbons (Fsp3) is 0.611. The van der Waals surface area contributed by atoms with Gasteiger partial charge in [0.1, 0.15) is 0 Å². The lowest BCUT2D eigenvalue weighted by atomic mass is 9.88. The van der Waals surface area contributed by atoms with E-state index < -0.39 is 15.4 Å². The normalized spacial score (nSPS) is 17.8. The molecule has 7 heteroatoms. The van der Waals surface area contributed by atoms with Gasteiger partial charge in [-0.05, 0) is 49.9 Å². The predicted octanol–water partition coefficient (Wildman–Crippen LogP) is 2.93. The topological polar surface area (TPSA) is 89.3 Å². The van der Waals surface area contributed by atoms with E-state index in [0.29, 0.717) is 17.0 Å². The molecule has 0 radical (unpaired) electrons. The highest BCUT2D eigenvalue weighted by molar-refractivity contribution is 7.92. The van der Waals surface area contributed by atoms with E-state index in [1.54, 1.807) is 12.1 Å². The van der Waals surface area contributed by atoms with E-state index in [-0.39, 0.29) is 29.5 Å². The van der Waals surface area contributed by atoms with Gasteiger partial charge in [-0.3, -0.25) is 4.79 Å². The molecule has 0 saturated heterocycles. The van der Waals surface area contributed by atoms with Crippen LogP contribution in [0, 0.1) is 5.92 Å². The molecular weight excluding hydrogens is 360 g/mol. The van der Waals surface area contributed by atoms with E-state index in [4.69, 9.17) is 5.73 Å². The fourth-order valence-corrected chi connectivity index (χ4v) is 4.80. The SMILES string of the molecule is CC(C)C(C)(CN)NC(=O)c1ccc(S(=O)(=O)C2CCCC2)cc1.Cl. The molecule has 25 heavy (non-hydrogen) atoms. The van der Waals surface area contributed by atoms with Crippen LogP contribution in [0.25, 0.3) is 0 Å². The molecule has 1 saturated carbocycles. The molecular formula is C18H29ClN2O3S. The average molecular weight is 389 g/mol. The number of sulfone groups is 1. The van der Waals surface area contributed by atoms with Gasteiger partial charge in [0.2, 0.25) is 0 Å². The molecule has 1 atom stereocenters. The molecule has 1 aliphatic carbocycles. The quantitative estimate of drug-likeness (QED) is 0.783. The highest BCUT2D eigenvalue weighted by Gasteiger charge is 2.31. The van der Waals surface area contributed by atoms with Gasteiger partial charge in [0.05, 0.1) is 15.7 Å². The minimum absolute atomic E-state index is 0. The van der Waals surface area contributed by atoms with Crippen LogP contribution >= 0.6 is 12.4 Å². The Morgan fingerprint density at radius 1 is 1.24 bits per heavy atom. The van der Waals surface area contributed by atoms with Crippen molar-refractivity contribution in [1.29, 1.82) is 0 Å². The predicted molar refractivity (Wildman–Crippen MR) is 103 cm³/mol. The number of halogens is 1. The van der Waals surface area contributed by atoms with Crippen LogP contribution in [0.4, 0.5) is 0 Å². The highest BCUT2D eigenvalue weighted by atomic mass is 35.5. The Morgan fingerprint density at radius 2 is 1.76 bits per heavy atom. The molecule has 0 aliphatic heterocycles. The highest BCUT2D eigenvalue weighted by Crippen LogP contribution is 2.29. The second-order valence-electron chi connectivity index (χ2n) is 7.21. The first-order chi connectivity index (χ1) is 11.2. The van der Waals surface area contributed by atoms with Gasteiger partial charge < -0.3 is 11.1 Å². The van der Waals surface area contributed by atoms with Crippen LogP contribution in [0.15, 0.2) is 29.2 Å². The first kappa shape index (κ1) is 21.9. The number of hydrogen-bond acceptors (Lipinski definition) is 4. The van der Waals surface area contributed by atoms with Crippen LogP contribution in [0.5, 0.6) is 0 Å². The molecule has 3 N–H and O–H groups in total. The molecule has 142 valence electrons. The van der Waals surface area contributed by atoms with Gasteiger partial charge >= 0.3 is 0 Å². The zero-order valence-electron chi connectivity index (χ0n) is 15.1. The molecule has 1 aliphatic rings. The second kappa shape index (κ2) is 8.52. The van der Waals surface area contributed by atoms with E-state index in [2.05, 4.69) is 5.32 Å². The number of carbonyl (C=O) groups is 1. The van der Waals surface area contributed by atoms with E-state index >= 15 is 0 Å². The zero-order chi connectivity index (χ0) is 18.0. The van der Waals surface area contributed by atoms with Gasteiger partial charge in [-0.15, -0.1) is 12.4 Å². The Morgan fingerprint density at radius 3 is 2.20 bits per heavy atom. The smallest absolute Gasteiger partial charge is 0.251 e. The summed E-state index contributed by atoms with van der Waals surface area (Å²) in [5.41, 5.74) is 5.74. The Bertz CT molecular complexity index is 683. The van der Waals surface area contributed by atoms with Crippen molar-refractivity contribution in [2.45, 2.75) is 62.1 Å². The molecule has 0 spiro atoms. The summed E-state index contributed by atoms with van der Waals surface area (Å²) in [5.74, 6) is -0.0464. The van der Waals surface area contributed by atoms with Crippen molar-refractivity contribution in [1.82, 2.24) is 5.32 Å². The number of nitrogens with one attached hydrogen (secondary N) is 1. The molecule has 1 aromatic rings. The van der Waals surface area contributed by atoms with Crippen molar-refractivity contribution >= 4 is 28.2 Å². The Hall–Kier alpha value is -1.11. The lowest BCUT2D eigenvalue weighted by molar-refractivity contribution is 0.0883. The third-order valence-electron chi connectivity index (χ3n) is 5.28. The van der Waals surface area contributed by atoms with Crippen molar-refractivity contribution in [3.05, 3.63) is 29.8 Å². The van der Waals surface area contributed by atoms with Gasteiger partial charge in [0.15, 0.2) is 9.84 Å². The van der Waals surface area contributed by atoms with Crippen LogP contribution in [0.2, 0.25) is 0 Å². The summed E-state index contributed by atoms with van der Waals surface area (Å²) < 4.78 is 25.1. The van der Waals surface area contributed by atoms with Crippen molar-refractivity contribution in [2.24, 2.45) is 11.7 Å². The maximum Gasteiger partial charge on any atom is 0.251 e. The Kier molecular flexibility index (Phi) is 7.47. The van der Waals surface area contributed by atoms with E-state index in [1.165, 1.54) is 12.1 Å². The van der Waals surface area contributed by atoms with Gasteiger partial charge in [0, 0.05) is 12.1 Å². The average Bonchev–Trinajstić information content (AvgIpc) is 3.10. The summed E-state index contributed by atoms with van der Waals surface area (Å²) in [7, 11) is -3.29. The maximum atomic E-state index is 12.6. The Balaban J connectivity index is 0.00000312. The standard InChI is InChI=1S/C18H28N2O3S.ClH/c1-13(2)18(3,12-19)20-17(21)14-8-10-16(11-9-14)24(22,23)15-6-4-5-7-15;/h8-11,13,15H,4-7,12,19H2,1-3H3,(H,20,21);1H. The lowest BCUT2D eigenvalue weighted by Crippen LogP contribution is -2.55. The van der Waals surface area contributed by atoms with Crippen molar-refractivity contribution in [3.8, 4) is 0 Å². The largest absolute Gasteiger partial charge is 0.345 e. The van der Waals surface area contributed by atoms with Crippen molar-refractivity contribution < 1.29 is 13.2 Å². The number of hydrogen-bond donors (Lipinski definition) is 2. The van der Waals surface area contributed by atoms with Crippen molar-refractivity contribution in [2.75, 3.05) is 6.54 Å². The molecule has 1 aromatic carbocycles. The zero-order valence-corrected chi connectivity index (χ0v) is 16.8. The van der Waals surface area contributed by atoms with Gasteiger partial charge in [-0.25, -0.2) is 8.42 Å². The van der Waals surface area contributed by atoms with Crippen LogP contribution in [-0.2, 0) is 9.84 Å². The summed E-state index contributed by atoms with van der Waals surface area (Å²) >= 11 is 0. The van der Waals surface area contributed by atoms with Crippen LogP contribution in [0.3, 0.4) is 0 Å². The number of nitrogens with two attached hydrogens (primary N) is 1. The molecule has 0 bridgehead atoms. The monoisotopic (exact) mass is 388 g/mol. The van der Waals surface area contributed by atoms with Crippen LogP contribution in [-0.4, -0.2) is 31.7 Å². The minimum Gasteiger partial charge on any atom is -0.345 e. The molecule has 1 unspecified atom stereocenters. The first-order valence-corrected chi connectivity index (χ1v) is 10.1. The third kappa shape index (κ3) is 4.74. The molecule has 2 rings (SSSR count). The van der Waals surface area contributed by atoms with Crippen LogP contribution < -0.4 is 11.1 Å². The molecule has 0 heterocycles. The molecule has 0 aromatic heterocycles. The third-order valence-corrected chi connectivity index (χ3v) is 7.56. The Labute approximate surface area is 157 Å². The second-order valence-corrected chi connectivity index (χ2v) is 9.43. The van der Waals surface area contributed by atoms with Gasteiger partial charge in [-0.1, -0.05) is 26.7 Å². The first-order valence-electron chi connectivity index (χ1n) is 8.57. The number of benzene rings is 1. The lowest BCUT2D eigenvalue weighted by Gasteiger charge is -2.33. The minimum atomic E-state index is -3.29. The summed E-state index contributed by atoms with van der Waals surface area (Å²) in [5, 5.41) is 2.68.